The van der Waals surface area contributed by atoms with Gasteiger partial charge in [0.25, 0.3) is 0 Å². The normalized spacial score (nSPS) is 13.8. The van der Waals surface area contributed by atoms with Gasteiger partial charge >= 0.3 is 0 Å². The van der Waals surface area contributed by atoms with Crippen LogP contribution in [0.5, 0.6) is 11.5 Å². The molecule has 2 atom stereocenters. The molecule has 0 fully saturated rings. The molecule has 0 radical (unpaired) electrons. The van der Waals surface area contributed by atoms with Crippen molar-refractivity contribution in [1.29, 1.82) is 0 Å². The summed E-state index contributed by atoms with van der Waals surface area (Å²) in [4.78, 5) is 0. The van der Waals surface area contributed by atoms with E-state index in [-0.39, 0.29) is 6.04 Å². The summed E-state index contributed by atoms with van der Waals surface area (Å²) < 4.78 is 5.84. The van der Waals surface area contributed by atoms with Crippen molar-refractivity contribution in [1.82, 2.24) is 0 Å². The lowest BCUT2D eigenvalue weighted by molar-refractivity contribution is 0.482. The van der Waals surface area contributed by atoms with E-state index in [1.165, 1.54) is 5.56 Å². The lowest BCUT2D eigenvalue weighted by Gasteiger charge is -2.12. The largest absolute Gasteiger partial charge is 0.456 e. The van der Waals surface area contributed by atoms with E-state index in [0.717, 1.165) is 17.7 Å². The van der Waals surface area contributed by atoms with Crippen LogP contribution in [0.15, 0.2) is 42.5 Å². The Kier molecular flexibility index (Phi) is 5.27. The number of halogens is 1. The van der Waals surface area contributed by atoms with Crippen molar-refractivity contribution >= 4 is 11.6 Å². The highest BCUT2D eigenvalue weighted by Crippen LogP contribution is 2.32. The maximum absolute atomic E-state index is 6.25. The highest BCUT2D eigenvalue weighted by atomic mass is 35.5. The molecule has 2 N–H and O–H groups in total. The van der Waals surface area contributed by atoms with E-state index in [2.05, 4.69) is 26.0 Å². The summed E-state index contributed by atoms with van der Waals surface area (Å²) in [6, 6.07) is 13.8. The van der Waals surface area contributed by atoms with E-state index < -0.39 is 0 Å². The molecule has 0 heterocycles. The fourth-order valence-electron chi connectivity index (χ4n) is 2.11. The third-order valence-corrected chi connectivity index (χ3v) is 4.07. The summed E-state index contributed by atoms with van der Waals surface area (Å²) in [5.41, 5.74) is 8.17. The summed E-state index contributed by atoms with van der Waals surface area (Å²) in [6.07, 6.45) is 1.13. The van der Waals surface area contributed by atoms with Crippen molar-refractivity contribution < 1.29 is 4.74 Å². The first-order valence-electron chi connectivity index (χ1n) is 7.34. The van der Waals surface area contributed by atoms with E-state index in [9.17, 15) is 0 Å². The minimum absolute atomic E-state index is 0.0358. The number of hydrogen-bond donors (Lipinski definition) is 1. The minimum atomic E-state index is -0.0358. The zero-order valence-corrected chi connectivity index (χ0v) is 13.5. The topological polar surface area (TPSA) is 35.2 Å². The molecule has 0 aliphatic carbocycles. The molecule has 3 heteroatoms. The molecule has 2 rings (SSSR count). The molecule has 112 valence electrons. The second-order valence-corrected chi connectivity index (χ2v) is 5.87. The second kappa shape index (κ2) is 6.97. The van der Waals surface area contributed by atoms with Crippen LogP contribution in [0, 0.1) is 0 Å². The highest BCUT2D eigenvalue weighted by molar-refractivity contribution is 6.32. The predicted octanol–water partition coefficient (Wildman–Crippen LogP) is 5.67. The monoisotopic (exact) mass is 303 g/mol. The lowest BCUT2D eigenvalue weighted by atomic mass is 9.99. The molecule has 2 aromatic carbocycles. The quantitative estimate of drug-likeness (QED) is 0.773. The van der Waals surface area contributed by atoms with Gasteiger partial charge in [0, 0.05) is 6.04 Å². The number of benzene rings is 2. The smallest absolute Gasteiger partial charge is 0.146 e. The van der Waals surface area contributed by atoms with Gasteiger partial charge in [0.2, 0.25) is 0 Å². The first-order valence-corrected chi connectivity index (χ1v) is 7.72. The Morgan fingerprint density at radius 3 is 2.19 bits per heavy atom. The van der Waals surface area contributed by atoms with Crippen molar-refractivity contribution in [3.05, 3.63) is 58.6 Å². The Morgan fingerprint density at radius 1 is 1.05 bits per heavy atom. The summed E-state index contributed by atoms with van der Waals surface area (Å²) in [7, 11) is 0. The van der Waals surface area contributed by atoms with Crippen LogP contribution in [-0.2, 0) is 0 Å². The second-order valence-electron chi connectivity index (χ2n) is 5.46. The molecule has 0 aromatic heterocycles. The van der Waals surface area contributed by atoms with Crippen LogP contribution in [0.4, 0.5) is 0 Å². The molecule has 0 aliphatic heterocycles. The van der Waals surface area contributed by atoms with Gasteiger partial charge in [-0.25, -0.2) is 0 Å². The van der Waals surface area contributed by atoms with Crippen LogP contribution in [0.1, 0.15) is 50.3 Å². The van der Waals surface area contributed by atoms with Gasteiger partial charge in [-0.1, -0.05) is 43.6 Å². The van der Waals surface area contributed by atoms with Gasteiger partial charge < -0.3 is 10.5 Å². The van der Waals surface area contributed by atoms with Gasteiger partial charge in [-0.15, -0.1) is 0 Å². The van der Waals surface area contributed by atoms with Crippen molar-refractivity contribution in [2.45, 2.75) is 39.2 Å². The van der Waals surface area contributed by atoms with Crippen molar-refractivity contribution in [2.75, 3.05) is 0 Å². The molecule has 21 heavy (non-hydrogen) atoms. The summed E-state index contributed by atoms with van der Waals surface area (Å²) >= 11 is 6.25. The van der Waals surface area contributed by atoms with Gasteiger partial charge in [-0.2, -0.15) is 0 Å². The van der Waals surface area contributed by atoms with Gasteiger partial charge in [-0.05, 0) is 54.7 Å². The van der Waals surface area contributed by atoms with Crippen LogP contribution >= 0.6 is 11.6 Å². The molecule has 0 saturated carbocycles. The van der Waals surface area contributed by atoms with E-state index >= 15 is 0 Å². The fourth-order valence-corrected chi connectivity index (χ4v) is 2.34. The molecule has 0 aliphatic rings. The molecule has 0 bridgehead atoms. The number of rotatable bonds is 5. The third-order valence-electron chi connectivity index (χ3n) is 3.77. The van der Waals surface area contributed by atoms with Gasteiger partial charge in [-0.3, -0.25) is 0 Å². The summed E-state index contributed by atoms with van der Waals surface area (Å²) in [6.45, 7) is 6.34. The van der Waals surface area contributed by atoms with Gasteiger partial charge in [0.05, 0.1) is 5.02 Å². The van der Waals surface area contributed by atoms with Gasteiger partial charge in [0.15, 0.2) is 0 Å². The van der Waals surface area contributed by atoms with Crippen LogP contribution in [0.3, 0.4) is 0 Å². The first-order chi connectivity index (χ1) is 10.0. The maximum Gasteiger partial charge on any atom is 0.146 e. The average Bonchev–Trinajstić information content (AvgIpc) is 2.49. The zero-order valence-electron chi connectivity index (χ0n) is 12.8. The van der Waals surface area contributed by atoms with Crippen molar-refractivity contribution in [3.63, 3.8) is 0 Å². The van der Waals surface area contributed by atoms with Crippen molar-refractivity contribution in [2.24, 2.45) is 5.73 Å². The molecule has 0 spiro atoms. The Hall–Kier alpha value is -1.51. The highest BCUT2D eigenvalue weighted by Gasteiger charge is 2.08. The minimum Gasteiger partial charge on any atom is -0.456 e. The Labute approximate surface area is 131 Å². The zero-order chi connectivity index (χ0) is 15.4. The van der Waals surface area contributed by atoms with Crippen LogP contribution in [0.2, 0.25) is 5.02 Å². The number of nitrogens with two attached hydrogens (primary N) is 1. The molecule has 2 unspecified atom stereocenters. The molecule has 0 amide bonds. The van der Waals surface area contributed by atoms with Crippen LogP contribution in [-0.4, -0.2) is 0 Å². The van der Waals surface area contributed by atoms with E-state index in [4.69, 9.17) is 22.1 Å². The molecule has 2 nitrogen and oxygen atoms in total. The van der Waals surface area contributed by atoms with Crippen LogP contribution in [0.25, 0.3) is 0 Å². The standard InChI is InChI=1S/C18H22ClNO/c1-4-12(2)14-5-8-16(9-6-14)21-18-10-7-15(13(3)20)11-17(18)19/h5-13H,4,20H2,1-3H3. The SMILES string of the molecule is CCC(C)c1ccc(Oc2ccc(C(C)N)cc2Cl)cc1. The van der Waals surface area contributed by atoms with E-state index in [0.29, 0.717) is 16.7 Å². The number of ether oxygens (including phenoxy) is 1. The maximum atomic E-state index is 6.25. The Bertz CT molecular complexity index is 593. The predicted molar refractivity (Wildman–Crippen MR) is 89.3 cm³/mol. The van der Waals surface area contributed by atoms with Crippen LogP contribution < -0.4 is 10.5 Å². The molecular weight excluding hydrogens is 282 g/mol. The van der Waals surface area contributed by atoms with E-state index in [1.54, 1.807) is 0 Å². The Morgan fingerprint density at radius 2 is 1.67 bits per heavy atom. The number of hydrogen-bond acceptors (Lipinski definition) is 2. The lowest BCUT2D eigenvalue weighted by Crippen LogP contribution is -2.04. The van der Waals surface area contributed by atoms with Gasteiger partial charge in [0.1, 0.15) is 11.5 Å². The average molecular weight is 304 g/mol. The van der Waals surface area contributed by atoms with E-state index in [1.807, 2.05) is 37.3 Å². The summed E-state index contributed by atoms with van der Waals surface area (Å²) in [5.74, 6) is 2.00. The molecule has 0 saturated heterocycles. The first kappa shape index (κ1) is 15.9. The third kappa shape index (κ3) is 3.99. The molecule has 2 aromatic rings. The molecular formula is C18H22ClNO. The fraction of sp³-hybridized carbons (Fsp3) is 0.333. The Balaban J connectivity index is 2.15. The van der Waals surface area contributed by atoms with Crippen molar-refractivity contribution in [3.8, 4) is 11.5 Å². The summed E-state index contributed by atoms with van der Waals surface area (Å²) in [5, 5.41) is 0.579.